The Kier molecular flexibility index (Phi) is 5.90. The van der Waals surface area contributed by atoms with E-state index < -0.39 is 12.0 Å². The van der Waals surface area contributed by atoms with Crippen LogP contribution in [0.15, 0.2) is 24.3 Å². The molecule has 2 fully saturated rings. The predicted octanol–water partition coefficient (Wildman–Crippen LogP) is 4.85. The molecule has 1 aromatic carbocycles. The Labute approximate surface area is 175 Å². The van der Waals surface area contributed by atoms with E-state index in [1.54, 1.807) is 6.07 Å². The average Bonchev–Trinajstić information content (AvgIpc) is 3.21. The standard InChI is InChI=1S/C22H26ClN3O3/c23-16-9-10-17-15(21(16)25-20(27)13-14-5-2-1-3-6-14)8-11-19(24-17)26-12-4-7-18(26)22(28)29/h8-11,14,18H,1-7,12-13H2,(H,25,27)(H,28,29)/t18-/m0/s1. The summed E-state index contributed by atoms with van der Waals surface area (Å²) in [6.45, 7) is 0.675. The Balaban J connectivity index is 1.57. The molecule has 1 amide bonds. The van der Waals surface area contributed by atoms with Crippen molar-refractivity contribution in [1.82, 2.24) is 4.98 Å². The summed E-state index contributed by atoms with van der Waals surface area (Å²) < 4.78 is 0. The molecule has 0 bridgehead atoms. The molecule has 0 unspecified atom stereocenters. The van der Waals surface area contributed by atoms with Crippen LogP contribution in [0.2, 0.25) is 5.02 Å². The number of amides is 1. The molecule has 2 heterocycles. The highest BCUT2D eigenvalue weighted by Crippen LogP contribution is 2.34. The van der Waals surface area contributed by atoms with Crippen LogP contribution in [0.25, 0.3) is 10.9 Å². The lowest BCUT2D eigenvalue weighted by Gasteiger charge is -2.23. The van der Waals surface area contributed by atoms with Gasteiger partial charge in [0.1, 0.15) is 11.9 Å². The van der Waals surface area contributed by atoms with Gasteiger partial charge in [0.2, 0.25) is 5.91 Å². The number of carboxylic acid groups (broad SMARTS) is 1. The van der Waals surface area contributed by atoms with Gasteiger partial charge in [0.25, 0.3) is 0 Å². The third-order valence-corrected chi connectivity index (χ3v) is 6.42. The fraction of sp³-hybridized carbons (Fsp3) is 0.500. The van der Waals surface area contributed by atoms with Crippen LogP contribution in [0.3, 0.4) is 0 Å². The van der Waals surface area contributed by atoms with Gasteiger partial charge in [0.05, 0.1) is 16.2 Å². The van der Waals surface area contributed by atoms with Gasteiger partial charge < -0.3 is 15.3 Å². The number of aliphatic carboxylic acids is 1. The van der Waals surface area contributed by atoms with Crippen LogP contribution < -0.4 is 10.2 Å². The van der Waals surface area contributed by atoms with Crippen LogP contribution in [-0.4, -0.2) is 34.6 Å². The molecule has 1 saturated heterocycles. The molecule has 1 atom stereocenters. The van der Waals surface area contributed by atoms with Crippen molar-refractivity contribution in [2.75, 3.05) is 16.8 Å². The maximum Gasteiger partial charge on any atom is 0.326 e. The third kappa shape index (κ3) is 4.32. The summed E-state index contributed by atoms with van der Waals surface area (Å²) >= 11 is 6.39. The van der Waals surface area contributed by atoms with Gasteiger partial charge in [0.15, 0.2) is 0 Å². The zero-order chi connectivity index (χ0) is 20.4. The number of carboxylic acids is 1. The lowest BCUT2D eigenvalue weighted by Crippen LogP contribution is -2.36. The molecule has 2 aromatic rings. The van der Waals surface area contributed by atoms with Crippen LogP contribution in [-0.2, 0) is 9.59 Å². The van der Waals surface area contributed by atoms with Crippen LogP contribution in [0.4, 0.5) is 11.5 Å². The SMILES string of the molecule is O=C(CC1CCCCC1)Nc1c(Cl)ccc2nc(N3CCC[C@H]3C(=O)O)ccc12. The lowest BCUT2D eigenvalue weighted by molar-refractivity contribution is -0.138. The van der Waals surface area contributed by atoms with Crippen molar-refractivity contribution in [3.63, 3.8) is 0 Å². The smallest absolute Gasteiger partial charge is 0.326 e. The first kappa shape index (κ1) is 20.0. The number of pyridine rings is 1. The van der Waals surface area contributed by atoms with Crippen molar-refractivity contribution in [3.05, 3.63) is 29.3 Å². The number of hydrogen-bond donors (Lipinski definition) is 2. The molecule has 7 heteroatoms. The topological polar surface area (TPSA) is 82.5 Å². The monoisotopic (exact) mass is 415 g/mol. The summed E-state index contributed by atoms with van der Waals surface area (Å²) in [6, 6.07) is 6.69. The van der Waals surface area contributed by atoms with Gasteiger partial charge in [0, 0.05) is 18.4 Å². The number of nitrogens with zero attached hydrogens (tertiary/aromatic N) is 2. The minimum Gasteiger partial charge on any atom is -0.480 e. The van der Waals surface area contributed by atoms with Crippen molar-refractivity contribution < 1.29 is 14.7 Å². The van der Waals surface area contributed by atoms with Gasteiger partial charge in [-0.1, -0.05) is 30.9 Å². The highest BCUT2D eigenvalue weighted by atomic mass is 35.5. The number of carbonyl (C=O) groups excluding carboxylic acids is 1. The Morgan fingerprint density at radius 1 is 1.10 bits per heavy atom. The Hall–Kier alpha value is -2.34. The van der Waals surface area contributed by atoms with E-state index in [9.17, 15) is 14.7 Å². The highest BCUT2D eigenvalue weighted by molar-refractivity contribution is 6.35. The average molecular weight is 416 g/mol. The molecule has 1 aliphatic carbocycles. The minimum atomic E-state index is -0.823. The molecule has 4 rings (SSSR count). The number of hydrogen-bond acceptors (Lipinski definition) is 4. The van der Waals surface area contributed by atoms with E-state index in [0.29, 0.717) is 47.3 Å². The second-order valence-corrected chi connectivity index (χ2v) is 8.51. The molecule has 0 spiro atoms. The number of rotatable bonds is 5. The maximum absolute atomic E-state index is 12.6. The van der Waals surface area contributed by atoms with Gasteiger partial charge >= 0.3 is 5.97 Å². The largest absolute Gasteiger partial charge is 0.480 e. The molecule has 2 aliphatic rings. The number of carbonyl (C=O) groups is 2. The number of aromatic nitrogens is 1. The van der Waals surface area contributed by atoms with Crippen molar-refractivity contribution in [1.29, 1.82) is 0 Å². The first-order chi connectivity index (χ1) is 14.0. The van der Waals surface area contributed by atoms with Gasteiger partial charge in [-0.05, 0) is 55.9 Å². The zero-order valence-corrected chi connectivity index (χ0v) is 17.1. The molecular weight excluding hydrogens is 390 g/mol. The summed E-state index contributed by atoms with van der Waals surface area (Å²) in [6.07, 6.45) is 7.87. The second kappa shape index (κ2) is 8.57. The summed E-state index contributed by atoms with van der Waals surface area (Å²) in [5, 5.41) is 13.7. The molecule has 1 aliphatic heterocycles. The van der Waals surface area contributed by atoms with Crippen LogP contribution in [0.1, 0.15) is 51.4 Å². The van der Waals surface area contributed by atoms with Gasteiger partial charge in [-0.25, -0.2) is 9.78 Å². The highest BCUT2D eigenvalue weighted by Gasteiger charge is 2.31. The fourth-order valence-electron chi connectivity index (χ4n) is 4.60. The lowest BCUT2D eigenvalue weighted by atomic mass is 9.87. The van der Waals surface area contributed by atoms with E-state index in [1.807, 2.05) is 23.1 Å². The quantitative estimate of drug-likeness (QED) is 0.729. The molecule has 29 heavy (non-hydrogen) atoms. The maximum atomic E-state index is 12.6. The van der Waals surface area contributed by atoms with Gasteiger partial charge in [-0.15, -0.1) is 0 Å². The fourth-order valence-corrected chi connectivity index (χ4v) is 4.81. The molecule has 1 aromatic heterocycles. The van der Waals surface area contributed by atoms with Crippen LogP contribution >= 0.6 is 11.6 Å². The number of nitrogens with one attached hydrogen (secondary N) is 1. The Morgan fingerprint density at radius 3 is 2.66 bits per heavy atom. The number of fused-ring (bicyclic) bond motifs is 1. The summed E-state index contributed by atoms with van der Waals surface area (Å²) in [4.78, 5) is 30.6. The number of halogens is 1. The predicted molar refractivity (Wildman–Crippen MR) is 115 cm³/mol. The molecule has 2 N–H and O–H groups in total. The second-order valence-electron chi connectivity index (χ2n) is 8.10. The first-order valence-corrected chi connectivity index (χ1v) is 10.8. The minimum absolute atomic E-state index is 0.0131. The normalized spacial score (nSPS) is 20.2. The molecule has 0 radical (unpaired) electrons. The van der Waals surface area contributed by atoms with Gasteiger partial charge in [-0.2, -0.15) is 0 Å². The summed E-state index contributed by atoms with van der Waals surface area (Å²) in [5.41, 5.74) is 1.27. The van der Waals surface area contributed by atoms with E-state index in [2.05, 4.69) is 10.3 Å². The number of benzene rings is 1. The van der Waals surface area contributed by atoms with E-state index in [4.69, 9.17) is 11.6 Å². The summed E-state index contributed by atoms with van der Waals surface area (Å²) in [7, 11) is 0. The molecule has 6 nitrogen and oxygen atoms in total. The number of anilines is 2. The molecular formula is C22H26ClN3O3. The van der Waals surface area contributed by atoms with E-state index in [0.717, 1.165) is 24.6 Å². The van der Waals surface area contributed by atoms with E-state index >= 15 is 0 Å². The van der Waals surface area contributed by atoms with E-state index in [1.165, 1.54) is 19.3 Å². The van der Waals surface area contributed by atoms with E-state index in [-0.39, 0.29) is 5.91 Å². The van der Waals surface area contributed by atoms with Crippen molar-refractivity contribution in [2.24, 2.45) is 5.92 Å². The zero-order valence-electron chi connectivity index (χ0n) is 16.4. The molecule has 154 valence electrons. The Morgan fingerprint density at radius 2 is 1.90 bits per heavy atom. The van der Waals surface area contributed by atoms with Crippen molar-refractivity contribution in [2.45, 2.75) is 57.4 Å². The summed E-state index contributed by atoms with van der Waals surface area (Å²) in [5.74, 6) is 0.256. The Bertz CT molecular complexity index is 927. The van der Waals surface area contributed by atoms with Crippen molar-refractivity contribution in [3.8, 4) is 0 Å². The first-order valence-electron chi connectivity index (χ1n) is 10.4. The third-order valence-electron chi connectivity index (χ3n) is 6.10. The van der Waals surface area contributed by atoms with Crippen LogP contribution in [0.5, 0.6) is 0 Å². The van der Waals surface area contributed by atoms with Crippen LogP contribution in [0, 0.1) is 5.92 Å². The van der Waals surface area contributed by atoms with Crippen molar-refractivity contribution >= 4 is 45.9 Å². The molecule has 1 saturated carbocycles. The van der Waals surface area contributed by atoms with Gasteiger partial charge in [-0.3, -0.25) is 4.79 Å².